The summed E-state index contributed by atoms with van der Waals surface area (Å²) in [5.41, 5.74) is 5.38. The molecule has 1 aromatic carbocycles. The van der Waals surface area contributed by atoms with Gasteiger partial charge in [0.25, 0.3) is 0 Å². The van der Waals surface area contributed by atoms with Crippen LogP contribution in [0, 0.1) is 11.8 Å². The highest BCUT2D eigenvalue weighted by molar-refractivity contribution is 7.52. The summed E-state index contributed by atoms with van der Waals surface area (Å²) in [5.74, 6) is -2.53. The van der Waals surface area contributed by atoms with Gasteiger partial charge in [0.2, 0.25) is 0 Å². The van der Waals surface area contributed by atoms with E-state index in [1.54, 1.807) is 77.1 Å². The highest BCUT2D eigenvalue weighted by atomic mass is 31.2. The number of anilines is 1. The molecule has 0 radical (unpaired) electrons. The fraction of sp³-hybridized carbons (Fsp3) is 0.559. The molecule has 2 fully saturated rings. The van der Waals surface area contributed by atoms with Crippen LogP contribution in [0.2, 0.25) is 0 Å². The lowest BCUT2D eigenvalue weighted by molar-refractivity contribution is -0.175. The summed E-state index contributed by atoms with van der Waals surface area (Å²) < 4.78 is 57.6. The SMILES string of the molecule is CC(C)C(=O)O[C@H]1[C@H](c2ccc3c(N)ncnn23)O[C@](C)(CO[P@@](=O)(N[C@@H](C)C(=O)OC2CCOCC2)Oc2ccccc2)[C@H]1OC(=O)C(C)C. The van der Waals surface area contributed by atoms with Crippen LogP contribution in [0.4, 0.5) is 5.82 Å². The van der Waals surface area contributed by atoms with E-state index in [1.807, 2.05) is 0 Å². The average Bonchev–Trinajstić information content (AvgIpc) is 3.64. The molecule has 0 spiro atoms. The maximum Gasteiger partial charge on any atom is 0.459 e. The number of para-hydroxylation sites is 1. The van der Waals surface area contributed by atoms with E-state index < -0.39 is 74.1 Å². The van der Waals surface area contributed by atoms with E-state index >= 15 is 0 Å². The number of hydrogen-bond acceptors (Lipinski definition) is 14. The summed E-state index contributed by atoms with van der Waals surface area (Å²) >= 11 is 0. The van der Waals surface area contributed by atoms with Gasteiger partial charge in [-0.2, -0.15) is 10.2 Å². The van der Waals surface area contributed by atoms with Crippen LogP contribution in [0.5, 0.6) is 5.75 Å². The molecule has 3 aromatic rings. The molecule has 0 aliphatic carbocycles. The van der Waals surface area contributed by atoms with Crippen molar-refractivity contribution in [1.29, 1.82) is 0 Å². The van der Waals surface area contributed by atoms with Crippen molar-refractivity contribution in [2.24, 2.45) is 11.8 Å². The lowest BCUT2D eigenvalue weighted by atomic mass is 9.95. The third kappa shape index (κ3) is 9.05. The number of aromatic nitrogens is 3. The number of esters is 3. The van der Waals surface area contributed by atoms with Crippen LogP contribution in [0.1, 0.15) is 66.2 Å². The van der Waals surface area contributed by atoms with Gasteiger partial charge in [0.05, 0.1) is 37.4 Å². The Labute approximate surface area is 296 Å². The Morgan fingerprint density at radius 2 is 1.65 bits per heavy atom. The van der Waals surface area contributed by atoms with Gasteiger partial charge in [-0.15, -0.1) is 0 Å². The normalized spacial score (nSPS) is 24.3. The fourth-order valence-corrected chi connectivity index (χ4v) is 7.17. The molecule has 2 aromatic heterocycles. The second-order valence-corrected chi connectivity index (χ2v) is 15.1. The molecule has 16 nitrogen and oxygen atoms in total. The molecule has 4 heterocycles. The molecule has 0 saturated carbocycles. The number of nitrogens with two attached hydrogens (primary N) is 1. The van der Waals surface area contributed by atoms with Crippen LogP contribution < -0.4 is 15.3 Å². The van der Waals surface area contributed by atoms with Crippen LogP contribution in [0.25, 0.3) is 5.52 Å². The molecule has 51 heavy (non-hydrogen) atoms. The van der Waals surface area contributed by atoms with Crippen molar-refractivity contribution in [3.8, 4) is 5.75 Å². The van der Waals surface area contributed by atoms with Gasteiger partial charge in [0.15, 0.2) is 18.0 Å². The molecule has 17 heteroatoms. The summed E-state index contributed by atoms with van der Waals surface area (Å²) in [6.45, 7) is 10.1. The number of benzene rings is 1. The van der Waals surface area contributed by atoms with Gasteiger partial charge in [-0.1, -0.05) is 45.9 Å². The maximum absolute atomic E-state index is 14.5. The standard InChI is InChI=1S/C34H46N5O11P/c1-20(2)31(40)47-28-27(25-12-13-26-30(35)36-19-37-39(25)26)49-34(6,29(28)48-32(41)21(3)4)18-45-51(43,50-24-10-8-7-9-11-24)38-22(5)33(42)46-23-14-16-44-17-15-23/h7-13,19-23,27-29H,14-18H2,1-6H3,(H,38,43)(H2,35,36,37)/t22-,27-,28-,29-,34+,51-/m0/s1. The van der Waals surface area contributed by atoms with E-state index in [9.17, 15) is 18.9 Å². The van der Waals surface area contributed by atoms with Gasteiger partial charge in [-0.3, -0.25) is 18.9 Å². The summed E-state index contributed by atoms with van der Waals surface area (Å²) in [4.78, 5) is 43.4. The summed E-state index contributed by atoms with van der Waals surface area (Å²) in [6, 6.07) is 10.5. The van der Waals surface area contributed by atoms with Crippen molar-refractivity contribution in [3.05, 3.63) is 54.5 Å². The zero-order chi connectivity index (χ0) is 36.9. The van der Waals surface area contributed by atoms with Gasteiger partial charge in [0, 0.05) is 12.8 Å². The van der Waals surface area contributed by atoms with Crippen LogP contribution in [-0.2, 0) is 47.2 Å². The monoisotopic (exact) mass is 731 g/mol. The van der Waals surface area contributed by atoms with Crippen molar-refractivity contribution in [2.45, 2.75) is 90.4 Å². The van der Waals surface area contributed by atoms with Crippen LogP contribution in [0.15, 0.2) is 48.8 Å². The topological polar surface area (TPSA) is 201 Å². The Balaban J connectivity index is 1.48. The minimum atomic E-state index is -4.41. The zero-order valence-corrected chi connectivity index (χ0v) is 30.4. The summed E-state index contributed by atoms with van der Waals surface area (Å²) in [7, 11) is -4.41. The highest BCUT2D eigenvalue weighted by Crippen LogP contribution is 2.50. The third-order valence-corrected chi connectivity index (χ3v) is 10.1. The van der Waals surface area contributed by atoms with Crippen molar-refractivity contribution >= 4 is 37.0 Å². The highest BCUT2D eigenvalue weighted by Gasteiger charge is 2.59. The number of fused-ring (bicyclic) bond motifs is 1. The Kier molecular flexibility index (Phi) is 12.0. The smallest absolute Gasteiger partial charge is 0.459 e. The molecule has 3 N–H and O–H groups in total. The quantitative estimate of drug-likeness (QED) is 0.136. The van der Waals surface area contributed by atoms with Gasteiger partial charge in [-0.25, -0.2) is 14.1 Å². The number of rotatable bonds is 14. The van der Waals surface area contributed by atoms with Crippen LogP contribution in [0.3, 0.4) is 0 Å². The molecular weight excluding hydrogens is 685 g/mol. The number of nitrogens with zero attached hydrogens (tertiary/aromatic N) is 3. The number of ether oxygens (including phenoxy) is 5. The lowest BCUT2D eigenvalue weighted by Crippen LogP contribution is -2.49. The molecule has 0 bridgehead atoms. The summed E-state index contributed by atoms with van der Waals surface area (Å²) in [6.07, 6.45) is -1.55. The number of carbonyl (C=O) groups is 3. The van der Waals surface area contributed by atoms with Crippen molar-refractivity contribution in [1.82, 2.24) is 19.7 Å². The van der Waals surface area contributed by atoms with Gasteiger partial charge in [-0.05, 0) is 38.1 Å². The molecule has 6 atom stereocenters. The van der Waals surface area contributed by atoms with Crippen molar-refractivity contribution in [2.75, 3.05) is 25.6 Å². The van der Waals surface area contributed by atoms with E-state index in [1.165, 1.54) is 17.8 Å². The van der Waals surface area contributed by atoms with Crippen LogP contribution in [-0.4, -0.2) is 82.3 Å². The Morgan fingerprint density at radius 3 is 2.31 bits per heavy atom. The molecule has 0 unspecified atom stereocenters. The first kappa shape index (κ1) is 38.2. The zero-order valence-electron chi connectivity index (χ0n) is 29.6. The first-order valence-corrected chi connectivity index (χ1v) is 18.5. The van der Waals surface area contributed by atoms with Crippen molar-refractivity contribution < 1.29 is 51.7 Å². The van der Waals surface area contributed by atoms with Gasteiger partial charge in [0.1, 0.15) is 41.4 Å². The van der Waals surface area contributed by atoms with Gasteiger partial charge < -0.3 is 33.9 Å². The van der Waals surface area contributed by atoms with Crippen LogP contribution >= 0.6 is 7.75 Å². The minimum Gasteiger partial charge on any atom is -0.461 e. The first-order chi connectivity index (χ1) is 24.2. The molecular formula is C34H46N5O11P. The van der Waals surface area contributed by atoms with E-state index in [0.717, 1.165) is 0 Å². The van der Waals surface area contributed by atoms with E-state index in [0.29, 0.717) is 37.3 Å². The maximum atomic E-state index is 14.5. The van der Waals surface area contributed by atoms with Gasteiger partial charge >= 0.3 is 25.7 Å². The number of carbonyl (C=O) groups excluding carboxylic acids is 3. The summed E-state index contributed by atoms with van der Waals surface area (Å²) in [5, 5.41) is 7.02. The number of hydrogen-bond donors (Lipinski definition) is 2. The molecule has 2 saturated heterocycles. The fourth-order valence-electron chi connectivity index (χ4n) is 5.58. The van der Waals surface area contributed by atoms with E-state index in [4.69, 9.17) is 38.5 Å². The first-order valence-electron chi connectivity index (χ1n) is 16.9. The largest absolute Gasteiger partial charge is 0.461 e. The predicted octanol–water partition coefficient (Wildman–Crippen LogP) is 4.18. The lowest BCUT2D eigenvalue weighted by Gasteiger charge is -2.33. The van der Waals surface area contributed by atoms with E-state index in [-0.39, 0.29) is 17.7 Å². The predicted molar refractivity (Wildman–Crippen MR) is 182 cm³/mol. The third-order valence-electron chi connectivity index (χ3n) is 8.48. The second-order valence-electron chi connectivity index (χ2n) is 13.4. The average molecular weight is 732 g/mol. The van der Waals surface area contributed by atoms with Crippen molar-refractivity contribution in [3.63, 3.8) is 0 Å². The van der Waals surface area contributed by atoms with E-state index in [2.05, 4.69) is 15.2 Å². The molecule has 0 amide bonds. The molecule has 2 aliphatic heterocycles. The Hall–Kier alpha value is -4.08. The second kappa shape index (κ2) is 16.1. The molecule has 5 rings (SSSR count). The number of nitrogens with one attached hydrogen (secondary N) is 1. The Morgan fingerprint density at radius 1 is 0.980 bits per heavy atom. The molecule has 2 aliphatic rings. The molecule has 278 valence electrons. The Bertz CT molecular complexity index is 1730. The number of nitrogen functional groups attached to an aromatic ring is 1. The minimum absolute atomic E-state index is 0.192.